The van der Waals surface area contributed by atoms with Gasteiger partial charge >= 0.3 is 0 Å². The first-order chi connectivity index (χ1) is 8.71. The summed E-state index contributed by atoms with van der Waals surface area (Å²) in [4.78, 5) is 14.2. The van der Waals surface area contributed by atoms with Crippen molar-refractivity contribution >= 4 is 23.4 Å². The monoisotopic (exact) mass is 264 g/mol. The Labute approximate surface area is 112 Å². The van der Waals surface area contributed by atoms with Crippen molar-refractivity contribution in [3.63, 3.8) is 0 Å². The number of anilines is 1. The molecule has 0 unspecified atom stereocenters. The van der Waals surface area contributed by atoms with Gasteiger partial charge < -0.3 is 4.90 Å². The van der Waals surface area contributed by atoms with Gasteiger partial charge in [0.2, 0.25) is 5.91 Å². The van der Waals surface area contributed by atoms with Gasteiger partial charge in [-0.1, -0.05) is 18.2 Å². The molecule has 2 heterocycles. The molecule has 2 aliphatic rings. The number of carbonyl (C=O) groups is 1. The van der Waals surface area contributed by atoms with Crippen molar-refractivity contribution in [2.24, 2.45) is 0 Å². The van der Waals surface area contributed by atoms with Crippen molar-refractivity contribution in [2.75, 3.05) is 18.0 Å². The van der Waals surface area contributed by atoms with Crippen molar-refractivity contribution < 1.29 is 4.79 Å². The number of halogens is 1. The van der Waals surface area contributed by atoms with Gasteiger partial charge in [0, 0.05) is 25.2 Å². The van der Waals surface area contributed by atoms with Crippen LogP contribution in [0.4, 0.5) is 5.69 Å². The molecule has 2 fully saturated rings. The van der Waals surface area contributed by atoms with Gasteiger partial charge in [0.1, 0.15) is 0 Å². The smallest absolute Gasteiger partial charge is 0.227 e. The highest BCUT2D eigenvalue weighted by Crippen LogP contribution is 2.42. The van der Waals surface area contributed by atoms with Crippen LogP contribution in [0.25, 0.3) is 0 Å². The van der Waals surface area contributed by atoms with E-state index in [-0.39, 0.29) is 11.4 Å². The minimum atomic E-state index is 0.00380. The summed E-state index contributed by atoms with van der Waals surface area (Å²) in [6, 6.07) is 10.0. The molecule has 1 aromatic rings. The number of hydrogen-bond acceptors (Lipinski definition) is 2. The summed E-state index contributed by atoms with van der Waals surface area (Å²) >= 11 is 6.04. The second-order valence-electron chi connectivity index (χ2n) is 5.20. The molecule has 0 N–H and O–H groups in total. The third-order valence-corrected chi connectivity index (χ3v) is 4.52. The highest BCUT2D eigenvalue weighted by Gasteiger charge is 2.47. The quantitative estimate of drug-likeness (QED) is 0.729. The van der Waals surface area contributed by atoms with E-state index in [1.807, 2.05) is 39.7 Å². The molecular weight excluding hydrogens is 248 g/mol. The van der Waals surface area contributed by atoms with Crippen LogP contribution in [0, 0.1) is 0 Å². The first-order valence-corrected chi connectivity index (χ1v) is 6.84. The van der Waals surface area contributed by atoms with E-state index in [9.17, 15) is 4.79 Å². The largest absolute Gasteiger partial charge is 0.306 e. The summed E-state index contributed by atoms with van der Waals surface area (Å²) in [5, 5.41) is 0. The van der Waals surface area contributed by atoms with Crippen LogP contribution in [0.3, 0.4) is 0 Å². The molecule has 2 aliphatic heterocycles. The van der Waals surface area contributed by atoms with Gasteiger partial charge in [-0.15, -0.1) is 0 Å². The van der Waals surface area contributed by atoms with Crippen molar-refractivity contribution in [2.45, 2.75) is 31.2 Å². The van der Waals surface area contributed by atoms with Crippen molar-refractivity contribution in [1.29, 1.82) is 0 Å². The molecule has 1 aromatic carbocycles. The molecule has 4 heteroatoms. The molecule has 0 bridgehead atoms. The maximum Gasteiger partial charge on any atom is 0.227 e. The first-order valence-electron chi connectivity index (χ1n) is 6.50. The Morgan fingerprint density at radius 2 is 1.72 bits per heavy atom. The summed E-state index contributed by atoms with van der Waals surface area (Å²) in [6.07, 6.45) is 3.57. The van der Waals surface area contributed by atoms with Gasteiger partial charge in [-0.05, 0) is 43.2 Å². The molecule has 0 atom stereocenters. The molecule has 0 radical (unpaired) electrons. The third kappa shape index (κ3) is 1.91. The molecule has 3 nitrogen and oxygen atoms in total. The standard InChI is InChI=1S/C14H17ClN2O/c15-16-10-8-14(9-11-16)7-6-13(18)17(14)12-4-2-1-3-5-12/h1-5H,6-11H2. The summed E-state index contributed by atoms with van der Waals surface area (Å²) < 4.78 is 1.83. The van der Waals surface area contributed by atoms with Gasteiger partial charge in [-0.3, -0.25) is 4.79 Å². The third-order valence-electron chi connectivity index (χ3n) is 4.18. The number of nitrogens with zero attached hydrogens (tertiary/aromatic N) is 2. The first kappa shape index (κ1) is 12.0. The molecule has 18 heavy (non-hydrogen) atoms. The van der Waals surface area contributed by atoms with Gasteiger partial charge in [-0.25, -0.2) is 4.42 Å². The fourth-order valence-corrected chi connectivity index (χ4v) is 3.36. The second kappa shape index (κ2) is 4.56. The topological polar surface area (TPSA) is 23.6 Å². The highest BCUT2D eigenvalue weighted by molar-refractivity contribution is 6.13. The lowest BCUT2D eigenvalue weighted by Gasteiger charge is -2.43. The zero-order valence-corrected chi connectivity index (χ0v) is 11.1. The van der Waals surface area contributed by atoms with Crippen molar-refractivity contribution in [3.05, 3.63) is 30.3 Å². The van der Waals surface area contributed by atoms with E-state index in [4.69, 9.17) is 11.8 Å². The molecule has 2 saturated heterocycles. The Morgan fingerprint density at radius 3 is 2.39 bits per heavy atom. The molecule has 0 aromatic heterocycles. The lowest BCUT2D eigenvalue weighted by Crippen LogP contribution is -2.51. The van der Waals surface area contributed by atoms with E-state index in [1.165, 1.54) is 0 Å². The Kier molecular flexibility index (Phi) is 3.04. The van der Waals surface area contributed by atoms with Gasteiger partial charge in [-0.2, -0.15) is 0 Å². The lowest BCUT2D eigenvalue weighted by molar-refractivity contribution is -0.117. The lowest BCUT2D eigenvalue weighted by atomic mass is 9.85. The van der Waals surface area contributed by atoms with Crippen LogP contribution in [0.5, 0.6) is 0 Å². The van der Waals surface area contributed by atoms with E-state index in [1.54, 1.807) is 0 Å². The average molecular weight is 265 g/mol. The van der Waals surface area contributed by atoms with E-state index in [0.29, 0.717) is 6.42 Å². The minimum absolute atomic E-state index is 0.00380. The fourth-order valence-electron chi connectivity index (χ4n) is 3.19. The zero-order chi connectivity index (χ0) is 12.6. The predicted octanol–water partition coefficient (Wildman–Crippen LogP) is 2.80. The SMILES string of the molecule is O=C1CCC2(CCN(Cl)CC2)N1c1ccccc1. The summed E-state index contributed by atoms with van der Waals surface area (Å²) in [7, 11) is 0. The average Bonchev–Trinajstić information content (AvgIpc) is 2.72. The van der Waals surface area contributed by atoms with Crippen LogP contribution in [0.1, 0.15) is 25.7 Å². The maximum absolute atomic E-state index is 12.2. The van der Waals surface area contributed by atoms with Crippen LogP contribution in [-0.2, 0) is 4.79 Å². The van der Waals surface area contributed by atoms with Gasteiger partial charge in [0.15, 0.2) is 0 Å². The van der Waals surface area contributed by atoms with E-state index in [2.05, 4.69) is 0 Å². The van der Waals surface area contributed by atoms with E-state index < -0.39 is 0 Å². The van der Waals surface area contributed by atoms with Crippen LogP contribution in [0.15, 0.2) is 30.3 Å². The fraction of sp³-hybridized carbons (Fsp3) is 0.500. The van der Waals surface area contributed by atoms with Crippen molar-refractivity contribution in [1.82, 2.24) is 4.42 Å². The Hall–Kier alpha value is -1.06. The van der Waals surface area contributed by atoms with Gasteiger partial charge in [0.05, 0.1) is 5.54 Å². The molecule has 0 saturated carbocycles. The van der Waals surface area contributed by atoms with E-state index in [0.717, 1.165) is 38.0 Å². The van der Waals surface area contributed by atoms with Crippen LogP contribution < -0.4 is 4.90 Å². The number of rotatable bonds is 1. The molecule has 1 spiro atoms. The molecule has 0 aliphatic carbocycles. The normalized spacial score (nSPS) is 23.8. The molecule has 1 amide bonds. The van der Waals surface area contributed by atoms with Crippen molar-refractivity contribution in [3.8, 4) is 0 Å². The summed E-state index contributed by atoms with van der Waals surface area (Å²) in [5.74, 6) is 0.254. The molecule has 96 valence electrons. The number of para-hydroxylation sites is 1. The zero-order valence-electron chi connectivity index (χ0n) is 10.3. The maximum atomic E-state index is 12.2. The molecule has 3 rings (SSSR count). The van der Waals surface area contributed by atoms with E-state index >= 15 is 0 Å². The predicted molar refractivity (Wildman–Crippen MR) is 72.6 cm³/mol. The highest BCUT2D eigenvalue weighted by atomic mass is 35.5. The minimum Gasteiger partial charge on any atom is -0.306 e. The number of piperidine rings is 1. The number of hydrogen-bond donors (Lipinski definition) is 0. The number of benzene rings is 1. The Bertz CT molecular complexity index is 440. The van der Waals surface area contributed by atoms with Crippen LogP contribution in [-0.4, -0.2) is 29.0 Å². The number of amides is 1. The Balaban J connectivity index is 1.93. The summed E-state index contributed by atoms with van der Waals surface area (Å²) in [5.41, 5.74) is 1.03. The second-order valence-corrected chi connectivity index (χ2v) is 5.68. The number of carbonyl (C=O) groups excluding carboxylic acids is 1. The molecular formula is C14H17ClN2O. The Morgan fingerprint density at radius 1 is 1.06 bits per heavy atom. The summed E-state index contributed by atoms with van der Waals surface area (Å²) in [6.45, 7) is 1.72. The van der Waals surface area contributed by atoms with Crippen LogP contribution >= 0.6 is 11.8 Å². The van der Waals surface area contributed by atoms with Gasteiger partial charge in [0.25, 0.3) is 0 Å². The van der Waals surface area contributed by atoms with Crippen LogP contribution in [0.2, 0.25) is 0 Å².